The summed E-state index contributed by atoms with van der Waals surface area (Å²) in [7, 11) is 0. The number of aromatic nitrogens is 2. The molecule has 0 saturated heterocycles. The van der Waals surface area contributed by atoms with E-state index in [1.165, 1.54) is 12.1 Å². The summed E-state index contributed by atoms with van der Waals surface area (Å²) in [5.41, 5.74) is 2.85. The molecule has 1 aromatic carbocycles. The van der Waals surface area contributed by atoms with Crippen LogP contribution in [0.3, 0.4) is 0 Å². The summed E-state index contributed by atoms with van der Waals surface area (Å²) in [4.78, 5) is 8.57. The van der Waals surface area contributed by atoms with Crippen molar-refractivity contribution in [3.8, 4) is 5.75 Å². The lowest BCUT2D eigenvalue weighted by molar-refractivity contribution is -0.274. The highest BCUT2D eigenvalue weighted by molar-refractivity contribution is 5.34. The van der Waals surface area contributed by atoms with Gasteiger partial charge in [-0.25, -0.2) is 9.97 Å². The second-order valence-electron chi connectivity index (χ2n) is 4.81. The van der Waals surface area contributed by atoms with Crippen molar-refractivity contribution in [2.45, 2.75) is 26.0 Å². The number of anilines is 1. The number of hydrogen-bond acceptors (Lipinski definition) is 5. The average molecular weight is 310 g/mol. The van der Waals surface area contributed by atoms with Gasteiger partial charge < -0.3 is 15.4 Å². The number of halogens is 3. The van der Waals surface area contributed by atoms with Crippen LogP contribution in [-0.4, -0.2) is 16.3 Å². The number of nitrogens with zero attached hydrogens (tertiary/aromatic N) is 2. The number of hydrogen-bond donors (Lipinski definition) is 2. The van der Waals surface area contributed by atoms with Gasteiger partial charge in [-0.1, -0.05) is 12.1 Å². The minimum Gasteiger partial charge on any atom is -0.406 e. The van der Waals surface area contributed by atoms with Gasteiger partial charge in [0.2, 0.25) is 5.95 Å². The Balaban J connectivity index is 1.59. The summed E-state index contributed by atoms with van der Waals surface area (Å²) < 4.78 is 40.0. The summed E-state index contributed by atoms with van der Waals surface area (Å²) >= 11 is 0. The Kier molecular flexibility index (Phi) is 3.84. The molecule has 0 aliphatic carbocycles. The van der Waals surface area contributed by atoms with Crippen LogP contribution in [0.2, 0.25) is 0 Å². The molecule has 1 aliphatic heterocycles. The molecule has 0 unspecified atom stereocenters. The normalized spacial score (nSPS) is 13.8. The van der Waals surface area contributed by atoms with Crippen molar-refractivity contribution in [3.63, 3.8) is 0 Å². The Morgan fingerprint density at radius 1 is 1.18 bits per heavy atom. The molecule has 0 bridgehead atoms. The first-order valence-corrected chi connectivity index (χ1v) is 6.64. The summed E-state index contributed by atoms with van der Waals surface area (Å²) in [5.74, 6) is 0.258. The maximum Gasteiger partial charge on any atom is 0.573 e. The van der Waals surface area contributed by atoms with Gasteiger partial charge in [-0.05, 0) is 17.7 Å². The van der Waals surface area contributed by atoms with E-state index in [0.717, 1.165) is 29.9 Å². The second kappa shape index (κ2) is 5.80. The fourth-order valence-electron chi connectivity index (χ4n) is 2.13. The fourth-order valence-corrected chi connectivity index (χ4v) is 2.13. The lowest BCUT2D eigenvalue weighted by Crippen LogP contribution is -2.17. The molecule has 8 heteroatoms. The molecule has 0 spiro atoms. The van der Waals surface area contributed by atoms with Crippen LogP contribution in [0.1, 0.15) is 16.8 Å². The third kappa shape index (κ3) is 3.64. The minimum atomic E-state index is -4.67. The second-order valence-corrected chi connectivity index (χ2v) is 4.81. The van der Waals surface area contributed by atoms with Crippen LogP contribution < -0.4 is 15.4 Å². The molecule has 2 N–H and O–H groups in total. The molecule has 22 heavy (non-hydrogen) atoms. The van der Waals surface area contributed by atoms with Crippen molar-refractivity contribution in [3.05, 3.63) is 47.3 Å². The number of rotatable bonds is 4. The van der Waals surface area contributed by atoms with E-state index in [9.17, 15) is 13.2 Å². The largest absolute Gasteiger partial charge is 0.573 e. The van der Waals surface area contributed by atoms with Gasteiger partial charge >= 0.3 is 6.36 Å². The van der Waals surface area contributed by atoms with Gasteiger partial charge in [0, 0.05) is 31.4 Å². The summed E-state index contributed by atoms with van der Waals surface area (Å²) in [5, 5.41) is 6.22. The summed E-state index contributed by atoms with van der Waals surface area (Å²) in [6.07, 6.45) is -2.91. The van der Waals surface area contributed by atoms with E-state index in [4.69, 9.17) is 0 Å². The Morgan fingerprint density at radius 2 is 1.95 bits per heavy atom. The maximum atomic E-state index is 12.1. The lowest BCUT2D eigenvalue weighted by Gasteiger charge is -2.10. The van der Waals surface area contributed by atoms with Crippen LogP contribution in [0, 0.1) is 0 Å². The van der Waals surface area contributed by atoms with Crippen LogP contribution in [0.25, 0.3) is 0 Å². The van der Waals surface area contributed by atoms with Crippen molar-refractivity contribution >= 4 is 5.95 Å². The fraction of sp³-hybridized carbons (Fsp3) is 0.286. The van der Waals surface area contributed by atoms with Gasteiger partial charge in [-0.15, -0.1) is 13.2 Å². The smallest absolute Gasteiger partial charge is 0.406 e. The molecule has 5 nitrogen and oxygen atoms in total. The summed E-state index contributed by atoms with van der Waals surface area (Å²) in [6, 6.07) is 5.67. The average Bonchev–Trinajstić information content (AvgIpc) is 2.92. The van der Waals surface area contributed by atoms with Gasteiger partial charge in [-0.2, -0.15) is 0 Å². The van der Waals surface area contributed by atoms with Gasteiger partial charge in [0.15, 0.2) is 0 Å². The molecule has 2 aromatic rings. The molecule has 0 radical (unpaired) electrons. The van der Waals surface area contributed by atoms with Crippen LogP contribution in [0.4, 0.5) is 19.1 Å². The van der Waals surface area contributed by atoms with Gasteiger partial charge in [0.25, 0.3) is 0 Å². The molecule has 2 heterocycles. The van der Waals surface area contributed by atoms with E-state index in [1.54, 1.807) is 18.3 Å². The SMILES string of the molecule is FC(F)(F)Oc1ccc(CNc2ncc3c(n2)CNC3)cc1. The highest BCUT2D eigenvalue weighted by Crippen LogP contribution is 2.23. The molecular formula is C14H13F3N4O. The zero-order chi connectivity index (χ0) is 15.6. The highest BCUT2D eigenvalue weighted by Gasteiger charge is 2.30. The Morgan fingerprint density at radius 3 is 2.68 bits per heavy atom. The Hall–Kier alpha value is -2.35. The van der Waals surface area contributed by atoms with E-state index in [0.29, 0.717) is 12.5 Å². The van der Waals surface area contributed by atoms with E-state index in [-0.39, 0.29) is 5.75 Å². The molecular weight excluding hydrogens is 297 g/mol. The maximum absolute atomic E-state index is 12.1. The first kappa shape index (κ1) is 14.6. The molecule has 0 fully saturated rings. The number of alkyl halides is 3. The molecule has 1 aliphatic rings. The Labute approximate surface area is 124 Å². The van der Waals surface area contributed by atoms with Crippen LogP contribution in [-0.2, 0) is 19.6 Å². The monoisotopic (exact) mass is 310 g/mol. The third-order valence-corrected chi connectivity index (χ3v) is 3.17. The van der Waals surface area contributed by atoms with Crippen molar-refractivity contribution < 1.29 is 17.9 Å². The molecule has 116 valence electrons. The highest BCUT2D eigenvalue weighted by atomic mass is 19.4. The number of ether oxygens (including phenoxy) is 1. The van der Waals surface area contributed by atoms with E-state index >= 15 is 0 Å². The number of nitrogens with one attached hydrogen (secondary N) is 2. The number of benzene rings is 1. The zero-order valence-corrected chi connectivity index (χ0v) is 11.4. The van der Waals surface area contributed by atoms with Crippen molar-refractivity contribution in [1.29, 1.82) is 0 Å². The summed E-state index contributed by atoms with van der Waals surface area (Å²) in [6.45, 7) is 1.91. The third-order valence-electron chi connectivity index (χ3n) is 3.17. The molecule has 1 aromatic heterocycles. The Bertz CT molecular complexity index is 658. The predicted molar refractivity (Wildman–Crippen MR) is 73.0 cm³/mol. The van der Waals surface area contributed by atoms with Crippen LogP contribution >= 0.6 is 0 Å². The van der Waals surface area contributed by atoms with E-state index in [1.807, 2.05) is 0 Å². The molecule has 3 rings (SSSR count). The van der Waals surface area contributed by atoms with Crippen molar-refractivity contribution in [1.82, 2.24) is 15.3 Å². The van der Waals surface area contributed by atoms with Crippen LogP contribution in [0.15, 0.2) is 30.5 Å². The standard InChI is InChI=1S/C14H13F3N4O/c15-14(16,17)22-11-3-1-9(2-4-11)5-19-13-20-7-10-6-18-8-12(10)21-13/h1-4,7,18H,5-6,8H2,(H,19,20,21). The molecule has 0 saturated carbocycles. The van der Waals surface area contributed by atoms with Crippen molar-refractivity contribution in [2.75, 3.05) is 5.32 Å². The zero-order valence-electron chi connectivity index (χ0n) is 11.4. The van der Waals surface area contributed by atoms with Crippen molar-refractivity contribution in [2.24, 2.45) is 0 Å². The first-order valence-electron chi connectivity index (χ1n) is 6.64. The first-order chi connectivity index (χ1) is 10.5. The number of fused-ring (bicyclic) bond motifs is 1. The van der Waals surface area contributed by atoms with Gasteiger partial charge in [0.1, 0.15) is 5.75 Å². The van der Waals surface area contributed by atoms with E-state index in [2.05, 4.69) is 25.3 Å². The quantitative estimate of drug-likeness (QED) is 0.909. The predicted octanol–water partition coefficient (Wildman–Crippen LogP) is 2.59. The van der Waals surface area contributed by atoms with E-state index < -0.39 is 6.36 Å². The topological polar surface area (TPSA) is 59.1 Å². The minimum absolute atomic E-state index is 0.240. The molecule has 0 atom stereocenters. The van der Waals surface area contributed by atoms with Gasteiger partial charge in [0.05, 0.1) is 5.69 Å². The van der Waals surface area contributed by atoms with Crippen LogP contribution in [0.5, 0.6) is 5.75 Å². The van der Waals surface area contributed by atoms with Gasteiger partial charge in [-0.3, -0.25) is 0 Å². The lowest BCUT2D eigenvalue weighted by atomic mass is 10.2. The molecule has 0 amide bonds.